The van der Waals surface area contributed by atoms with E-state index in [-0.39, 0.29) is 0 Å². The number of rotatable bonds is 2. The van der Waals surface area contributed by atoms with Gasteiger partial charge in [-0.05, 0) is 25.0 Å². The van der Waals surface area contributed by atoms with E-state index in [1.54, 1.807) is 11.0 Å². The van der Waals surface area contributed by atoms with Crippen LogP contribution in [0.25, 0.3) is 16.7 Å². The highest BCUT2D eigenvalue weighted by molar-refractivity contribution is 5.86. The Morgan fingerprint density at radius 1 is 1.16 bits per heavy atom. The Bertz CT molecular complexity index is 1050. The Morgan fingerprint density at radius 2 is 2.12 bits per heavy atom. The number of hydrogen-bond donors (Lipinski definition) is 0. The summed E-state index contributed by atoms with van der Waals surface area (Å²) in [6.07, 6.45) is 7.70. The summed E-state index contributed by atoms with van der Waals surface area (Å²) >= 11 is 0. The fraction of sp³-hybridized carbons (Fsp3) is 0.353. The third-order valence-corrected chi connectivity index (χ3v) is 4.93. The van der Waals surface area contributed by atoms with Gasteiger partial charge in [-0.1, -0.05) is 6.07 Å². The van der Waals surface area contributed by atoms with Gasteiger partial charge in [-0.2, -0.15) is 5.10 Å². The average molecular weight is 334 g/mol. The van der Waals surface area contributed by atoms with Crippen molar-refractivity contribution in [2.75, 3.05) is 18.0 Å². The van der Waals surface area contributed by atoms with Crippen molar-refractivity contribution in [1.82, 2.24) is 34.3 Å². The van der Waals surface area contributed by atoms with Crippen LogP contribution in [0.1, 0.15) is 24.6 Å². The van der Waals surface area contributed by atoms with E-state index in [9.17, 15) is 0 Å². The summed E-state index contributed by atoms with van der Waals surface area (Å²) < 4.78 is 3.88. The highest BCUT2D eigenvalue weighted by Gasteiger charge is 2.27. The quantitative estimate of drug-likeness (QED) is 0.556. The molecule has 0 amide bonds. The molecular weight excluding hydrogens is 316 g/mol. The Balaban J connectivity index is 1.52. The molecule has 5 heterocycles. The fourth-order valence-corrected chi connectivity index (χ4v) is 3.72. The molecule has 1 saturated heterocycles. The standard InChI is InChI=1S/C17H18N8/c1-23-16-13(9-20-23)17(19-11-18-16)24-7-4-5-12(10-24)15-22-21-14-6-2-3-8-25(14)15/h2-3,6,8-9,11-12H,4-5,7,10H2,1H3/t12-/m1/s1. The second-order valence-corrected chi connectivity index (χ2v) is 6.47. The van der Waals surface area contributed by atoms with Gasteiger partial charge in [-0.25, -0.2) is 9.97 Å². The molecule has 0 spiro atoms. The zero-order valence-electron chi connectivity index (χ0n) is 13.9. The summed E-state index contributed by atoms with van der Waals surface area (Å²) in [5, 5.41) is 14.1. The Hall–Kier alpha value is -3.03. The molecule has 126 valence electrons. The third kappa shape index (κ3) is 2.25. The Morgan fingerprint density at radius 3 is 3.08 bits per heavy atom. The maximum absolute atomic E-state index is 4.54. The summed E-state index contributed by atoms with van der Waals surface area (Å²) in [5.74, 6) is 2.31. The van der Waals surface area contributed by atoms with E-state index < -0.39 is 0 Å². The maximum Gasteiger partial charge on any atom is 0.163 e. The van der Waals surface area contributed by atoms with Crippen LogP contribution in [0.4, 0.5) is 5.82 Å². The van der Waals surface area contributed by atoms with Crippen LogP contribution in [0.5, 0.6) is 0 Å². The lowest BCUT2D eigenvalue weighted by molar-refractivity contribution is 0.486. The molecule has 8 heteroatoms. The van der Waals surface area contributed by atoms with Crippen molar-refractivity contribution in [2.24, 2.45) is 7.05 Å². The summed E-state index contributed by atoms with van der Waals surface area (Å²) in [7, 11) is 1.90. The largest absolute Gasteiger partial charge is 0.355 e. The van der Waals surface area contributed by atoms with Gasteiger partial charge in [0.05, 0.1) is 11.6 Å². The molecule has 1 fully saturated rings. The van der Waals surface area contributed by atoms with Gasteiger partial charge in [-0.15, -0.1) is 10.2 Å². The minimum Gasteiger partial charge on any atom is -0.355 e. The van der Waals surface area contributed by atoms with Crippen LogP contribution < -0.4 is 4.90 Å². The fourth-order valence-electron chi connectivity index (χ4n) is 3.72. The zero-order chi connectivity index (χ0) is 16.8. The number of pyridine rings is 1. The van der Waals surface area contributed by atoms with Crippen molar-refractivity contribution in [3.8, 4) is 0 Å². The topological polar surface area (TPSA) is 77.0 Å². The molecule has 4 aromatic heterocycles. The summed E-state index contributed by atoms with van der Waals surface area (Å²) in [6, 6.07) is 5.99. The number of aromatic nitrogens is 7. The highest BCUT2D eigenvalue weighted by Crippen LogP contribution is 2.31. The van der Waals surface area contributed by atoms with Crippen LogP contribution in [0.2, 0.25) is 0 Å². The first-order valence-electron chi connectivity index (χ1n) is 8.48. The number of nitrogens with zero attached hydrogens (tertiary/aromatic N) is 8. The van der Waals surface area contributed by atoms with E-state index in [1.165, 1.54) is 0 Å². The second kappa shape index (κ2) is 5.51. The molecule has 0 aliphatic carbocycles. The molecule has 25 heavy (non-hydrogen) atoms. The molecule has 4 aromatic rings. The lowest BCUT2D eigenvalue weighted by Crippen LogP contribution is -2.35. The van der Waals surface area contributed by atoms with Crippen LogP contribution in [0.15, 0.2) is 36.9 Å². The van der Waals surface area contributed by atoms with E-state index in [4.69, 9.17) is 0 Å². The number of fused-ring (bicyclic) bond motifs is 2. The van der Waals surface area contributed by atoms with Crippen molar-refractivity contribution in [3.05, 3.63) is 42.7 Å². The molecule has 0 radical (unpaired) electrons. The van der Waals surface area contributed by atoms with Gasteiger partial charge < -0.3 is 4.90 Å². The molecule has 1 atom stereocenters. The van der Waals surface area contributed by atoms with E-state index in [0.717, 1.165) is 54.3 Å². The summed E-state index contributed by atoms with van der Waals surface area (Å²) in [4.78, 5) is 11.2. The molecular formula is C17H18N8. The Labute approximate surface area is 144 Å². The lowest BCUT2D eigenvalue weighted by atomic mass is 9.97. The Kier molecular flexibility index (Phi) is 3.16. The average Bonchev–Trinajstić information content (AvgIpc) is 3.26. The van der Waals surface area contributed by atoms with E-state index in [1.807, 2.05) is 37.6 Å². The van der Waals surface area contributed by atoms with Gasteiger partial charge >= 0.3 is 0 Å². The van der Waals surface area contributed by atoms with Crippen LogP contribution in [-0.2, 0) is 7.05 Å². The van der Waals surface area contributed by atoms with Crippen LogP contribution in [0, 0.1) is 0 Å². The van der Waals surface area contributed by atoms with Gasteiger partial charge in [0, 0.05) is 32.3 Å². The zero-order valence-corrected chi connectivity index (χ0v) is 13.9. The first-order chi connectivity index (χ1) is 12.3. The predicted molar refractivity (Wildman–Crippen MR) is 93.5 cm³/mol. The molecule has 0 unspecified atom stereocenters. The van der Waals surface area contributed by atoms with Gasteiger partial charge in [0.15, 0.2) is 11.3 Å². The minimum absolute atomic E-state index is 0.327. The van der Waals surface area contributed by atoms with Crippen molar-refractivity contribution in [2.45, 2.75) is 18.8 Å². The molecule has 0 N–H and O–H groups in total. The van der Waals surface area contributed by atoms with Gasteiger partial charge in [0.1, 0.15) is 18.0 Å². The predicted octanol–water partition coefficient (Wildman–Crippen LogP) is 1.79. The number of piperidine rings is 1. The van der Waals surface area contributed by atoms with Crippen molar-refractivity contribution >= 4 is 22.5 Å². The van der Waals surface area contributed by atoms with E-state index in [0.29, 0.717) is 5.92 Å². The maximum atomic E-state index is 4.54. The lowest BCUT2D eigenvalue weighted by Gasteiger charge is -2.33. The SMILES string of the molecule is Cn1ncc2c(N3CCC[C@@H](c4nnc5ccccn45)C3)ncnc21. The van der Waals surface area contributed by atoms with Gasteiger partial charge in [-0.3, -0.25) is 9.08 Å². The van der Waals surface area contributed by atoms with Crippen molar-refractivity contribution < 1.29 is 0 Å². The molecule has 5 rings (SSSR count). The smallest absolute Gasteiger partial charge is 0.163 e. The van der Waals surface area contributed by atoms with E-state index >= 15 is 0 Å². The van der Waals surface area contributed by atoms with Crippen LogP contribution >= 0.6 is 0 Å². The highest BCUT2D eigenvalue weighted by atomic mass is 15.3. The summed E-state index contributed by atoms with van der Waals surface area (Å²) in [6.45, 7) is 1.85. The molecule has 1 aliphatic rings. The first kappa shape index (κ1) is 14.3. The van der Waals surface area contributed by atoms with Gasteiger partial charge in [0.25, 0.3) is 0 Å². The van der Waals surface area contributed by atoms with Crippen LogP contribution in [-0.4, -0.2) is 47.4 Å². The normalized spacial score (nSPS) is 18.3. The molecule has 1 aliphatic heterocycles. The number of anilines is 1. The summed E-state index contributed by atoms with van der Waals surface area (Å²) in [5.41, 5.74) is 1.76. The molecule has 8 nitrogen and oxygen atoms in total. The third-order valence-electron chi connectivity index (χ3n) is 4.93. The van der Waals surface area contributed by atoms with Crippen LogP contribution in [0.3, 0.4) is 0 Å². The molecule has 0 aromatic carbocycles. The number of hydrogen-bond acceptors (Lipinski definition) is 6. The minimum atomic E-state index is 0.327. The molecule has 0 saturated carbocycles. The monoisotopic (exact) mass is 334 g/mol. The van der Waals surface area contributed by atoms with Crippen molar-refractivity contribution in [1.29, 1.82) is 0 Å². The molecule has 0 bridgehead atoms. The van der Waals surface area contributed by atoms with E-state index in [2.05, 4.69) is 34.6 Å². The number of aryl methyl sites for hydroxylation is 1. The van der Waals surface area contributed by atoms with Gasteiger partial charge in [0.2, 0.25) is 0 Å². The van der Waals surface area contributed by atoms with Crippen molar-refractivity contribution in [3.63, 3.8) is 0 Å². The second-order valence-electron chi connectivity index (χ2n) is 6.47. The first-order valence-corrected chi connectivity index (χ1v) is 8.48.